The fraction of sp³-hybridized carbons (Fsp3) is 0.400. The Bertz CT molecular complexity index is 426. The van der Waals surface area contributed by atoms with Gasteiger partial charge >= 0.3 is 0 Å². The van der Waals surface area contributed by atoms with Crippen molar-refractivity contribution in [2.24, 2.45) is 5.92 Å². The first-order valence-electron chi connectivity index (χ1n) is 4.71. The van der Waals surface area contributed by atoms with Crippen LogP contribution in [0.15, 0.2) is 29.2 Å². The molecule has 0 aliphatic heterocycles. The molecule has 0 saturated heterocycles. The van der Waals surface area contributed by atoms with E-state index in [-0.39, 0.29) is 16.6 Å². The third-order valence-corrected chi connectivity index (χ3v) is 3.31. The van der Waals surface area contributed by atoms with Crippen LogP contribution in [0, 0.1) is 5.92 Å². The molecule has 0 heterocycles. The number of benzene rings is 1. The number of nitrogens with one attached hydrogen (secondary N) is 1. The molecule has 4 nitrogen and oxygen atoms in total. The molecule has 0 fully saturated rings. The lowest BCUT2D eigenvalue weighted by molar-refractivity contribution is 0.457. The van der Waals surface area contributed by atoms with Crippen LogP contribution in [0.4, 0.5) is 0 Å². The van der Waals surface area contributed by atoms with Gasteiger partial charge in [-0.3, -0.25) is 0 Å². The van der Waals surface area contributed by atoms with Gasteiger partial charge in [0.2, 0.25) is 10.0 Å². The molecule has 0 unspecified atom stereocenters. The fourth-order valence-corrected chi connectivity index (χ4v) is 2.35. The number of aromatic hydroxyl groups is 1. The van der Waals surface area contributed by atoms with Gasteiger partial charge in [-0.2, -0.15) is 0 Å². The molecule has 84 valence electrons. The maximum atomic E-state index is 11.7. The third-order valence-electron chi connectivity index (χ3n) is 1.84. The van der Waals surface area contributed by atoms with E-state index in [2.05, 4.69) is 4.72 Å². The van der Waals surface area contributed by atoms with Crippen molar-refractivity contribution in [2.75, 3.05) is 6.54 Å². The summed E-state index contributed by atoms with van der Waals surface area (Å²) in [6, 6.07) is 5.88. The number of hydrogen-bond donors (Lipinski definition) is 2. The van der Waals surface area contributed by atoms with E-state index in [1.165, 1.54) is 12.1 Å². The third kappa shape index (κ3) is 3.21. The molecule has 1 aromatic carbocycles. The fourth-order valence-electron chi connectivity index (χ4n) is 1.04. The first kappa shape index (κ1) is 12.0. The van der Waals surface area contributed by atoms with Crippen molar-refractivity contribution in [3.05, 3.63) is 24.3 Å². The molecule has 0 atom stereocenters. The molecule has 0 aliphatic carbocycles. The zero-order valence-corrected chi connectivity index (χ0v) is 9.58. The van der Waals surface area contributed by atoms with Crippen molar-refractivity contribution in [2.45, 2.75) is 18.7 Å². The number of para-hydroxylation sites is 1. The topological polar surface area (TPSA) is 66.4 Å². The minimum Gasteiger partial charge on any atom is -0.507 e. The van der Waals surface area contributed by atoms with Crippen molar-refractivity contribution >= 4 is 10.0 Å². The summed E-state index contributed by atoms with van der Waals surface area (Å²) < 4.78 is 25.8. The second-order valence-corrected chi connectivity index (χ2v) is 5.45. The van der Waals surface area contributed by atoms with E-state index in [1.54, 1.807) is 12.1 Å². The molecule has 1 aromatic rings. The smallest absolute Gasteiger partial charge is 0.244 e. The van der Waals surface area contributed by atoms with E-state index in [0.717, 1.165) is 0 Å². The van der Waals surface area contributed by atoms with Gasteiger partial charge in [-0.15, -0.1) is 0 Å². The van der Waals surface area contributed by atoms with Crippen molar-refractivity contribution < 1.29 is 13.5 Å². The predicted molar refractivity (Wildman–Crippen MR) is 58.1 cm³/mol. The van der Waals surface area contributed by atoms with Gasteiger partial charge < -0.3 is 5.11 Å². The van der Waals surface area contributed by atoms with Crippen molar-refractivity contribution in [1.82, 2.24) is 4.72 Å². The quantitative estimate of drug-likeness (QED) is 0.818. The van der Waals surface area contributed by atoms with Crippen molar-refractivity contribution in [1.29, 1.82) is 0 Å². The Kier molecular flexibility index (Phi) is 3.71. The maximum Gasteiger partial charge on any atom is 0.244 e. The van der Waals surface area contributed by atoms with Gasteiger partial charge in [0.25, 0.3) is 0 Å². The van der Waals surface area contributed by atoms with Crippen LogP contribution < -0.4 is 4.72 Å². The Morgan fingerprint density at radius 1 is 1.33 bits per heavy atom. The van der Waals surface area contributed by atoms with E-state index in [9.17, 15) is 13.5 Å². The Balaban J connectivity index is 2.92. The zero-order valence-electron chi connectivity index (χ0n) is 8.77. The second kappa shape index (κ2) is 4.63. The monoisotopic (exact) mass is 229 g/mol. The molecule has 0 radical (unpaired) electrons. The van der Waals surface area contributed by atoms with Gasteiger partial charge in [-0.05, 0) is 18.1 Å². The van der Waals surface area contributed by atoms with Crippen LogP contribution in [0.5, 0.6) is 5.75 Å². The van der Waals surface area contributed by atoms with Crippen LogP contribution in [0.3, 0.4) is 0 Å². The summed E-state index contributed by atoms with van der Waals surface area (Å²) in [4.78, 5) is -0.0781. The summed E-state index contributed by atoms with van der Waals surface area (Å²) in [7, 11) is -3.59. The van der Waals surface area contributed by atoms with Crippen LogP contribution in [0.2, 0.25) is 0 Å². The average Bonchev–Trinajstić information content (AvgIpc) is 2.15. The van der Waals surface area contributed by atoms with Gasteiger partial charge in [0.05, 0.1) is 0 Å². The zero-order chi connectivity index (χ0) is 11.5. The van der Waals surface area contributed by atoms with Crippen LogP contribution in [-0.2, 0) is 10.0 Å². The molecule has 0 spiro atoms. The van der Waals surface area contributed by atoms with Crippen LogP contribution >= 0.6 is 0 Å². The van der Waals surface area contributed by atoms with Crippen LogP contribution in [0.1, 0.15) is 13.8 Å². The number of hydrogen-bond acceptors (Lipinski definition) is 3. The molecular formula is C10H15NO3S. The molecule has 1 rings (SSSR count). The lowest BCUT2D eigenvalue weighted by atomic mass is 10.2. The molecular weight excluding hydrogens is 214 g/mol. The van der Waals surface area contributed by atoms with Crippen LogP contribution in [-0.4, -0.2) is 20.1 Å². The van der Waals surface area contributed by atoms with E-state index >= 15 is 0 Å². The van der Waals surface area contributed by atoms with Gasteiger partial charge in [-0.25, -0.2) is 13.1 Å². The highest BCUT2D eigenvalue weighted by molar-refractivity contribution is 7.89. The highest BCUT2D eigenvalue weighted by atomic mass is 32.2. The first-order valence-corrected chi connectivity index (χ1v) is 6.19. The molecule has 0 aliphatic rings. The van der Waals surface area contributed by atoms with Gasteiger partial charge in [0.1, 0.15) is 10.6 Å². The molecule has 15 heavy (non-hydrogen) atoms. The van der Waals surface area contributed by atoms with Gasteiger partial charge in [0, 0.05) is 6.54 Å². The SMILES string of the molecule is CC(C)CNS(=O)(=O)c1ccccc1O. The summed E-state index contributed by atoms with van der Waals surface area (Å²) in [5.41, 5.74) is 0. The minimum absolute atomic E-state index is 0.0781. The second-order valence-electron chi connectivity index (χ2n) is 3.71. The Hall–Kier alpha value is -1.07. The van der Waals surface area contributed by atoms with Gasteiger partial charge in [0.15, 0.2) is 0 Å². The highest BCUT2D eigenvalue weighted by Gasteiger charge is 2.17. The predicted octanol–water partition coefficient (Wildman–Crippen LogP) is 1.33. The number of phenols is 1. The highest BCUT2D eigenvalue weighted by Crippen LogP contribution is 2.20. The number of phenolic OH excluding ortho intramolecular Hbond substituents is 1. The number of rotatable bonds is 4. The van der Waals surface area contributed by atoms with Gasteiger partial charge in [-0.1, -0.05) is 26.0 Å². The first-order chi connectivity index (χ1) is 6.93. The van der Waals surface area contributed by atoms with E-state index in [0.29, 0.717) is 6.54 Å². The maximum absolute atomic E-state index is 11.7. The van der Waals surface area contributed by atoms with E-state index in [1.807, 2.05) is 13.8 Å². The summed E-state index contributed by atoms with van der Waals surface area (Å²) >= 11 is 0. The normalized spacial score (nSPS) is 11.9. The summed E-state index contributed by atoms with van der Waals surface area (Å²) in [5.74, 6) is -0.000568. The molecule has 0 bridgehead atoms. The molecule has 0 saturated carbocycles. The van der Waals surface area contributed by atoms with Crippen LogP contribution in [0.25, 0.3) is 0 Å². The molecule has 0 aromatic heterocycles. The Morgan fingerprint density at radius 2 is 1.93 bits per heavy atom. The molecule has 2 N–H and O–H groups in total. The standard InChI is InChI=1S/C10H15NO3S/c1-8(2)7-11-15(13,14)10-6-4-3-5-9(10)12/h3-6,8,11-12H,7H2,1-2H3. The lowest BCUT2D eigenvalue weighted by Crippen LogP contribution is -2.27. The summed E-state index contributed by atoms with van der Waals surface area (Å²) in [6.07, 6.45) is 0. The lowest BCUT2D eigenvalue weighted by Gasteiger charge is -2.09. The van der Waals surface area contributed by atoms with Crippen molar-refractivity contribution in [3.63, 3.8) is 0 Å². The van der Waals surface area contributed by atoms with E-state index < -0.39 is 10.0 Å². The molecule has 5 heteroatoms. The van der Waals surface area contributed by atoms with Crippen molar-refractivity contribution in [3.8, 4) is 5.75 Å². The Labute approximate surface area is 90.0 Å². The van der Waals surface area contributed by atoms with E-state index in [4.69, 9.17) is 0 Å². The summed E-state index contributed by atoms with van der Waals surface area (Å²) in [6.45, 7) is 4.18. The summed E-state index contributed by atoms with van der Waals surface area (Å²) in [5, 5.41) is 9.39. The Morgan fingerprint density at radius 3 is 2.47 bits per heavy atom. The minimum atomic E-state index is -3.59. The molecule has 0 amide bonds. The largest absolute Gasteiger partial charge is 0.507 e. The number of sulfonamides is 1. The average molecular weight is 229 g/mol.